The molecule has 2 aromatic carbocycles. The zero-order valence-electron chi connectivity index (χ0n) is 15.2. The molecule has 1 atom stereocenters. The molecular formula is C19H19Cl2N3O4. The molecule has 0 N–H and O–H groups in total. The van der Waals surface area contributed by atoms with Gasteiger partial charge in [0.05, 0.1) is 9.95 Å². The summed E-state index contributed by atoms with van der Waals surface area (Å²) in [4.78, 5) is 26.9. The predicted molar refractivity (Wildman–Crippen MR) is 108 cm³/mol. The molecule has 1 saturated heterocycles. The summed E-state index contributed by atoms with van der Waals surface area (Å²) >= 11 is 12.1. The van der Waals surface area contributed by atoms with Crippen LogP contribution in [-0.4, -0.2) is 48.0 Å². The second-order valence-electron chi connectivity index (χ2n) is 6.40. The van der Waals surface area contributed by atoms with Crippen LogP contribution in [-0.2, 0) is 4.79 Å². The minimum Gasteiger partial charge on any atom is -0.479 e. The number of benzene rings is 2. The first-order valence-electron chi connectivity index (χ1n) is 8.75. The molecule has 0 bridgehead atoms. The van der Waals surface area contributed by atoms with Crippen LogP contribution in [0, 0.1) is 10.1 Å². The summed E-state index contributed by atoms with van der Waals surface area (Å²) in [6.07, 6.45) is -0.693. The highest BCUT2D eigenvalue weighted by molar-refractivity contribution is 6.42. The van der Waals surface area contributed by atoms with Crippen molar-refractivity contribution in [2.24, 2.45) is 0 Å². The molecule has 1 heterocycles. The van der Waals surface area contributed by atoms with E-state index in [1.165, 1.54) is 12.1 Å². The Labute approximate surface area is 172 Å². The number of rotatable bonds is 5. The number of halogens is 2. The highest BCUT2D eigenvalue weighted by Crippen LogP contribution is 2.32. The molecule has 28 heavy (non-hydrogen) atoms. The minimum atomic E-state index is -0.693. The summed E-state index contributed by atoms with van der Waals surface area (Å²) in [7, 11) is 0. The van der Waals surface area contributed by atoms with E-state index in [4.69, 9.17) is 27.9 Å². The van der Waals surface area contributed by atoms with E-state index in [-0.39, 0.29) is 16.6 Å². The molecule has 0 aromatic heterocycles. The maximum atomic E-state index is 12.7. The Bertz CT molecular complexity index is 868. The molecule has 1 unspecified atom stereocenters. The Kier molecular flexibility index (Phi) is 6.26. The second kappa shape index (κ2) is 8.67. The Morgan fingerprint density at radius 1 is 1.11 bits per heavy atom. The molecule has 148 valence electrons. The third-order valence-electron chi connectivity index (χ3n) is 4.58. The summed E-state index contributed by atoms with van der Waals surface area (Å²) in [5.74, 6) is 0.249. The van der Waals surface area contributed by atoms with Gasteiger partial charge < -0.3 is 14.5 Å². The van der Waals surface area contributed by atoms with Crippen molar-refractivity contribution >= 4 is 40.5 Å². The third-order valence-corrected chi connectivity index (χ3v) is 5.39. The largest absolute Gasteiger partial charge is 0.479 e. The monoisotopic (exact) mass is 423 g/mol. The zero-order chi connectivity index (χ0) is 20.3. The predicted octanol–water partition coefficient (Wildman–Crippen LogP) is 4.02. The van der Waals surface area contributed by atoms with Crippen LogP contribution < -0.4 is 9.64 Å². The quantitative estimate of drug-likeness (QED) is 0.536. The number of piperazine rings is 1. The first kappa shape index (κ1) is 20.2. The molecule has 0 aliphatic carbocycles. The number of nitrogens with zero attached hydrogens (tertiary/aromatic N) is 3. The number of carbonyl (C=O) groups excluding carboxylic acids is 1. The number of anilines is 1. The summed E-state index contributed by atoms with van der Waals surface area (Å²) in [5, 5.41) is 11.4. The molecule has 1 amide bonds. The average Bonchev–Trinajstić information content (AvgIpc) is 2.71. The van der Waals surface area contributed by atoms with Crippen molar-refractivity contribution < 1.29 is 14.5 Å². The number of hydrogen-bond donors (Lipinski definition) is 0. The lowest BCUT2D eigenvalue weighted by molar-refractivity contribution is -0.384. The van der Waals surface area contributed by atoms with Crippen molar-refractivity contribution in [3.05, 3.63) is 62.6 Å². The number of ether oxygens (including phenoxy) is 1. The summed E-state index contributed by atoms with van der Waals surface area (Å²) in [6, 6.07) is 11.5. The van der Waals surface area contributed by atoms with Gasteiger partial charge in [-0.15, -0.1) is 0 Å². The Morgan fingerprint density at radius 3 is 2.36 bits per heavy atom. The van der Waals surface area contributed by atoms with Crippen molar-refractivity contribution in [2.75, 3.05) is 31.1 Å². The van der Waals surface area contributed by atoms with E-state index in [0.29, 0.717) is 37.0 Å². The van der Waals surface area contributed by atoms with E-state index in [2.05, 4.69) is 4.90 Å². The van der Waals surface area contributed by atoms with Gasteiger partial charge in [0, 0.05) is 44.0 Å². The third kappa shape index (κ3) is 4.48. The fourth-order valence-corrected chi connectivity index (χ4v) is 3.38. The van der Waals surface area contributed by atoms with Crippen LogP contribution in [0.15, 0.2) is 42.5 Å². The highest BCUT2D eigenvalue weighted by Gasteiger charge is 2.27. The molecule has 1 aliphatic heterocycles. The lowest BCUT2D eigenvalue weighted by atomic mass is 10.2. The van der Waals surface area contributed by atoms with E-state index in [0.717, 1.165) is 5.69 Å². The SMILES string of the molecule is CC(Oc1cccc(Cl)c1Cl)C(=O)N1CCN(c2ccc([N+](=O)[O-])cc2)CC1. The molecule has 0 saturated carbocycles. The van der Waals surface area contributed by atoms with E-state index in [1.54, 1.807) is 42.2 Å². The van der Waals surface area contributed by atoms with Crippen LogP contribution in [0.5, 0.6) is 5.75 Å². The first-order valence-corrected chi connectivity index (χ1v) is 9.51. The van der Waals surface area contributed by atoms with E-state index < -0.39 is 11.0 Å². The molecule has 2 aromatic rings. The summed E-state index contributed by atoms with van der Waals surface area (Å²) in [6.45, 7) is 4.02. The normalized spacial score (nSPS) is 15.2. The zero-order valence-corrected chi connectivity index (χ0v) is 16.7. The van der Waals surface area contributed by atoms with Gasteiger partial charge in [0.15, 0.2) is 6.10 Å². The number of carbonyl (C=O) groups is 1. The van der Waals surface area contributed by atoms with Crippen molar-refractivity contribution in [3.8, 4) is 5.75 Å². The second-order valence-corrected chi connectivity index (χ2v) is 7.18. The van der Waals surface area contributed by atoms with Gasteiger partial charge >= 0.3 is 0 Å². The molecule has 7 nitrogen and oxygen atoms in total. The van der Waals surface area contributed by atoms with Crippen LogP contribution in [0.2, 0.25) is 10.0 Å². The molecular weight excluding hydrogens is 405 g/mol. The fourth-order valence-electron chi connectivity index (χ4n) is 3.04. The van der Waals surface area contributed by atoms with Gasteiger partial charge in [-0.25, -0.2) is 0 Å². The van der Waals surface area contributed by atoms with Gasteiger partial charge in [-0.3, -0.25) is 14.9 Å². The van der Waals surface area contributed by atoms with Crippen LogP contribution in [0.25, 0.3) is 0 Å². The smallest absolute Gasteiger partial charge is 0.269 e. The summed E-state index contributed by atoms with van der Waals surface area (Å²) in [5.41, 5.74) is 0.955. The summed E-state index contributed by atoms with van der Waals surface area (Å²) < 4.78 is 5.70. The Balaban J connectivity index is 1.57. The molecule has 0 radical (unpaired) electrons. The number of nitro benzene ring substituents is 1. The highest BCUT2D eigenvalue weighted by atomic mass is 35.5. The maximum Gasteiger partial charge on any atom is 0.269 e. The van der Waals surface area contributed by atoms with Crippen LogP contribution >= 0.6 is 23.2 Å². The molecule has 1 fully saturated rings. The van der Waals surface area contributed by atoms with Gasteiger partial charge in [0.1, 0.15) is 10.8 Å². The van der Waals surface area contributed by atoms with Crippen LogP contribution in [0.3, 0.4) is 0 Å². The number of amides is 1. The van der Waals surface area contributed by atoms with Crippen molar-refractivity contribution in [1.82, 2.24) is 4.90 Å². The van der Waals surface area contributed by atoms with Crippen molar-refractivity contribution in [2.45, 2.75) is 13.0 Å². The van der Waals surface area contributed by atoms with Gasteiger partial charge in [0.2, 0.25) is 0 Å². The molecule has 0 spiro atoms. The van der Waals surface area contributed by atoms with E-state index in [9.17, 15) is 14.9 Å². The van der Waals surface area contributed by atoms with Crippen LogP contribution in [0.1, 0.15) is 6.92 Å². The van der Waals surface area contributed by atoms with Gasteiger partial charge in [-0.2, -0.15) is 0 Å². The van der Waals surface area contributed by atoms with E-state index >= 15 is 0 Å². The fraction of sp³-hybridized carbons (Fsp3) is 0.316. The average molecular weight is 424 g/mol. The maximum absolute atomic E-state index is 12.7. The number of hydrogen-bond acceptors (Lipinski definition) is 5. The van der Waals surface area contributed by atoms with Gasteiger partial charge in [0.25, 0.3) is 11.6 Å². The Hall–Kier alpha value is -2.51. The van der Waals surface area contributed by atoms with Crippen molar-refractivity contribution in [3.63, 3.8) is 0 Å². The van der Waals surface area contributed by atoms with Crippen LogP contribution in [0.4, 0.5) is 11.4 Å². The molecule has 3 rings (SSSR count). The number of nitro groups is 1. The lowest BCUT2D eigenvalue weighted by Crippen LogP contribution is -2.52. The lowest BCUT2D eigenvalue weighted by Gasteiger charge is -2.37. The number of non-ortho nitro benzene ring substituents is 1. The minimum absolute atomic E-state index is 0.0585. The Morgan fingerprint density at radius 2 is 1.75 bits per heavy atom. The van der Waals surface area contributed by atoms with E-state index in [1.807, 2.05) is 0 Å². The molecule has 9 heteroatoms. The van der Waals surface area contributed by atoms with Gasteiger partial charge in [-0.05, 0) is 31.2 Å². The first-order chi connectivity index (χ1) is 13.4. The topological polar surface area (TPSA) is 75.9 Å². The molecule has 1 aliphatic rings. The van der Waals surface area contributed by atoms with Gasteiger partial charge in [-0.1, -0.05) is 29.3 Å². The van der Waals surface area contributed by atoms with Crippen molar-refractivity contribution in [1.29, 1.82) is 0 Å². The standard InChI is InChI=1S/C19H19Cl2N3O4/c1-13(28-17-4-2-3-16(20)18(17)21)19(25)23-11-9-22(10-12-23)14-5-7-15(8-6-14)24(26)27/h2-8,13H,9-12H2,1H3.